The Hall–Kier alpha value is -1.55. The molecule has 0 aromatic heterocycles. The smallest absolute Gasteiger partial charge is 0.253 e. The average molecular weight is 289 g/mol. The lowest BCUT2D eigenvalue weighted by molar-refractivity contribution is 0.0615. The first-order valence-electron chi connectivity index (χ1n) is 7.77. The molecule has 1 fully saturated rings. The van der Waals surface area contributed by atoms with Gasteiger partial charge in [0, 0.05) is 43.5 Å². The summed E-state index contributed by atoms with van der Waals surface area (Å²) in [6, 6.07) is 6.49. The van der Waals surface area contributed by atoms with E-state index in [2.05, 4.69) is 18.7 Å². The number of piperidine rings is 1. The molecule has 116 valence electrons. The molecule has 1 aliphatic rings. The zero-order valence-electron chi connectivity index (χ0n) is 13.6. The van der Waals surface area contributed by atoms with E-state index >= 15 is 0 Å². The van der Waals surface area contributed by atoms with Gasteiger partial charge in [0.2, 0.25) is 0 Å². The fourth-order valence-electron chi connectivity index (χ4n) is 3.10. The van der Waals surface area contributed by atoms with Gasteiger partial charge in [-0.05, 0) is 57.4 Å². The molecule has 1 amide bonds. The van der Waals surface area contributed by atoms with Gasteiger partial charge in [0.25, 0.3) is 5.91 Å². The first-order chi connectivity index (χ1) is 9.88. The molecule has 0 atom stereocenters. The van der Waals surface area contributed by atoms with Gasteiger partial charge in [-0.1, -0.05) is 0 Å². The molecule has 1 saturated heterocycles. The minimum absolute atomic E-state index is 0.0772. The molecule has 21 heavy (non-hydrogen) atoms. The van der Waals surface area contributed by atoms with Crippen molar-refractivity contribution in [2.45, 2.75) is 45.7 Å². The number of nitrogen functional groups attached to an aromatic ring is 1. The largest absolute Gasteiger partial charge is 0.399 e. The Bertz CT molecular complexity index is 485. The molecule has 1 aliphatic heterocycles. The van der Waals surface area contributed by atoms with Gasteiger partial charge in [-0.15, -0.1) is 0 Å². The molecule has 0 radical (unpaired) electrons. The molecular formula is C17H27N3O. The van der Waals surface area contributed by atoms with Crippen molar-refractivity contribution in [3.63, 3.8) is 0 Å². The van der Waals surface area contributed by atoms with Crippen LogP contribution in [0.3, 0.4) is 0 Å². The molecule has 0 aliphatic carbocycles. The molecule has 0 saturated carbocycles. The van der Waals surface area contributed by atoms with Gasteiger partial charge in [-0.25, -0.2) is 0 Å². The molecule has 0 unspecified atom stereocenters. The number of hydrogen-bond donors (Lipinski definition) is 1. The second kappa shape index (κ2) is 6.48. The minimum atomic E-state index is 0.0772. The van der Waals surface area contributed by atoms with Crippen LogP contribution in [0.5, 0.6) is 0 Å². The van der Waals surface area contributed by atoms with E-state index in [1.165, 1.54) is 0 Å². The summed E-state index contributed by atoms with van der Waals surface area (Å²) in [5.74, 6) is 0.0772. The van der Waals surface area contributed by atoms with Crippen LogP contribution < -0.4 is 5.73 Å². The zero-order valence-corrected chi connectivity index (χ0v) is 13.6. The first kappa shape index (κ1) is 15.8. The summed E-state index contributed by atoms with van der Waals surface area (Å²) in [6.45, 7) is 8.55. The fraction of sp³-hybridized carbons (Fsp3) is 0.588. The predicted octanol–water partition coefficient (Wildman–Crippen LogP) is 2.52. The quantitative estimate of drug-likeness (QED) is 0.870. The van der Waals surface area contributed by atoms with Gasteiger partial charge in [0.15, 0.2) is 0 Å². The molecule has 2 rings (SSSR count). The van der Waals surface area contributed by atoms with Crippen molar-refractivity contribution in [3.05, 3.63) is 29.3 Å². The highest BCUT2D eigenvalue weighted by Crippen LogP contribution is 2.20. The molecule has 1 aromatic carbocycles. The number of nitrogens with two attached hydrogens (primary N) is 1. The lowest BCUT2D eigenvalue weighted by atomic mass is 10.0. The maximum absolute atomic E-state index is 12.6. The van der Waals surface area contributed by atoms with E-state index in [1.807, 2.05) is 31.0 Å². The number of benzene rings is 1. The summed E-state index contributed by atoms with van der Waals surface area (Å²) < 4.78 is 0. The van der Waals surface area contributed by atoms with Gasteiger partial charge < -0.3 is 15.5 Å². The zero-order chi connectivity index (χ0) is 15.6. The molecule has 1 heterocycles. The number of nitrogens with zero attached hydrogens (tertiary/aromatic N) is 2. The number of hydrogen-bond acceptors (Lipinski definition) is 3. The number of aryl methyl sites for hydroxylation is 1. The van der Waals surface area contributed by atoms with Gasteiger partial charge in [0.05, 0.1) is 0 Å². The van der Waals surface area contributed by atoms with Crippen LogP contribution in [0.15, 0.2) is 18.2 Å². The third kappa shape index (κ3) is 3.76. The highest BCUT2D eigenvalue weighted by molar-refractivity contribution is 5.95. The first-order valence-corrected chi connectivity index (χ1v) is 7.77. The highest BCUT2D eigenvalue weighted by atomic mass is 16.2. The molecular weight excluding hydrogens is 262 g/mol. The Balaban J connectivity index is 2.03. The lowest BCUT2D eigenvalue weighted by Gasteiger charge is -2.38. The molecule has 1 aromatic rings. The van der Waals surface area contributed by atoms with Crippen molar-refractivity contribution >= 4 is 11.6 Å². The van der Waals surface area contributed by atoms with Crippen LogP contribution in [0, 0.1) is 6.92 Å². The Morgan fingerprint density at radius 2 is 1.90 bits per heavy atom. The van der Waals surface area contributed by atoms with Crippen LogP contribution in [0.4, 0.5) is 5.69 Å². The standard InChI is InChI=1S/C17H27N3O/c1-12(2)20-7-5-16(6-8-20)19(4)17(21)14-9-13(3)10-15(18)11-14/h9-12,16H,5-8,18H2,1-4H3. The number of carbonyl (C=O) groups excluding carboxylic acids is 1. The van der Waals surface area contributed by atoms with Gasteiger partial charge in [-0.3, -0.25) is 4.79 Å². The lowest BCUT2D eigenvalue weighted by Crippen LogP contribution is -2.47. The van der Waals surface area contributed by atoms with Crippen molar-refractivity contribution in [2.75, 3.05) is 25.9 Å². The van der Waals surface area contributed by atoms with Gasteiger partial charge in [0.1, 0.15) is 0 Å². The van der Waals surface area contributed by atoms with Crippen LogP contribution in [-0.4, -0.2) is 47.9 Å². The summed E-state index contributed by atoms with van der Waals surface area (Å²) in [5, 5.41) is 0. The number of carbonyl (C=O) groups is 1. The molecule has 0 bridgehead atoms. The normalized spacial score (nSPS) is 17.2. The minimum Gasteiger partial charge on any atom is -0.399 e. The molecule has 4 heteroatoms. The predicted molar refractivity (Wildman–Crippen MR) is 87.4 cm³/mol. The third-order valence-electron chi connectivity index (χ3n) is 4.44. The SMILES string of the molecule is Cc1cc(N)cc(C(=O)N(C)C2CCN(C(C)C)CC2)c1. The van der Waals surface area contributed by atoms with Crippen molar-refractivity contribution in [2.24, 2.45) is 0 Å². The summed E-state index contributed by atoms with van der Waals surface area (Å²) in [7, 11) is 1.91. The Kier molecular flexibility index (Phi) is 4.88. The van der Waals surface area contributed by atoms with Crippen LogP contribution in [0.2, 0.25) is 0 Å². The van der Waals surface area contributed by atoms with E-state index in [9.17, 15) is 4.79 Å². The molecule has 0 spiro atoms. The van der Waals surface area contributed by atoms with E-state index in [-0.39, 0.29) is 5.91 Å². The van der Waals surface area contributed by atoms with Crippen LogP contribution in [-0.2, 0) is 0 Å². The van der Waals surface area contributed by atoms with Crippen molar-refractivity contribution in [3.8, 4) is 0 Å². The maximum atomic E-state index is 12.6. The Morgan fingerprint density at radius 1 is 1.29 bits per heavy atom. The molecule has 2 N–H and O–H groups in total. The summed E-state index contributed by atoms with van der Waals surface area (Å²) in [5.41, 5.74) is 8.23. The summed E-state index contributed by atoms with van der Waals surface area (Å²) in [6.07, 6.45) is 2.09. The van der Waals surface area contributed by atoms with Crippen molar-refractivity contribution in [1.29, 1.82) is 0 Å². The van der Waals surface area contributed by atoms with E-state index < -0.39 is 0 Å². The second-order valence-electron chi connectivity index (χ2n) is 6.41. The Morgan fingerprint density at radius 3 is 2.43 bits per heavy atom. The monoisotopic (exact) mass is 289 g/mol. The average Bonchev–Trinajstić information content (AvgIpc) is 2.44. The van der Waals surface area contributed by atoms with Crippen molar-refractivity contribution in [1.82, 2.24) is 9.80 Å². The number of amides is 1. The van der Waals surface area contributed by atoms with E-state index in [1.54, 1.807) is 6.07 Å². The van der Waals surface area contributed by atoms with E-state index in [4.69, 9.17) is 5.73 Å². The Labute approximate surface area is 127 Å². The second-order valence-corrected chi connectivity index (χ2v) is 6.41. The van der Waals surface area contributed by atoms with Crippen LogP contribution in [0.1, 0.15) is 42.6 Å². The number of anilines is 1. The van der Waals surface area contributed by atoms with E-state index in [0.717, 1.165) is 31.5 Å². The highest BCUT2D eigenvalue weighted by Gasteiger charge is 2.26. The topological polar surface area (TPSA) is 49.6 Å². The van der Waals surface area contributed by atoms with Crippen LogP contribution in [0.25, 0.3) is 0 Å². The maximum Gasteiger partial charge on any atom is 0.253 e. The van der Waals surface area contributed by atoms with Gasteiger partial charge in [-0.2, -0.15) is 0 Å². The van der Waals surface area contributed by atoms with Crippen LogP contribution >= 0.6 is 0 Å². The van der Waals surface area contributed by atoms with Gasteiger partial charge >= 0.3 is 0 Å². The number of likely N-dealkylation sites (tertiary alicyclic amines) is 1. The summed E-state index contributed by atoms with van der Waals surface area (Å²) >= 11 is 0. The fourth-order valence-corrected chi connectivity index (χ4v) is 3.10. The molecule has 4 nitrogen and oxygen atoms in total. The van der Waals surface area contributed by atoms with E-state index in [0.29, 0.717) is 23.3 Å². The van der Waals surface area contributed by atoms with Crippen molar-refractivity contribution < 1.29 is 4.79 Å². The summed E-state index contributed by atoms with van der Waals surface area (Å²) in [4.78, 5) is 17.0. The third-order valence-corrected chi connectivity index (χ3v) is 4.44. The number of rotatable bonds is 3.